The molecule has 3 amide bonds. The molecule has 0 saturated heterocycles. The number of nitrogens with one attached hydrogen (secondary N) is 3. The van der Waals surface area contributed by atoms with Gasteiger partial charge in [-0.25, -0.2) is 4.79 Å². The van der Waals surface area contributed by atoms with Crippen LogP contribution in [0, 0.1) is 5.92 Å². The van der Waals surface area contributed by atoms with Gasteiger partial charge in [-0.2, -0.15) is 0 Å². The number of alkyl carbamates (subject to hydrolysis) is 1. The highest BCUT2D eigenvalue weighted by Crippen LogP contribution is 2.16. The molecule has 38 heavy (non-hydrogen) atoms. The monoisotopic (exact) mass is 523 g/mol. The molecule has 9 heteroatoms. The SMILES string of the molecule is CC(C)C[C@@H]1NC(=O)[C@@H](NC(=O)OCc2ccccc2)Cc2ccc(cc2)OCCCC[C@@H](C=O)NC1=O. The summed E-state index contributed by atoms with van der Waals surface area (Å²) in [5.74, 6) is -0.165. The van der Waals surface area contributed by atoms with E-state index in [1.165, 1.54) is 0 Å². The Hall–Kier alpha value is -3.88. The fraction of sp³-hybridized carbons (Fsp3) is 0.448. The number of carbonyl (C=O) groups is 4. The number of amides is 3. The summed E-state index contributed by atoms with van der Waals surface area (Å²) >= 11 is 0. The van der Waals surface area contributed by atoms with Crippen LogP contribution < -0.4 is 20.7 Å². The maximum absolute atomic E-state index is 13.4. The molecule has 0 saturated carbocycles. The fourth-order valence-electron chi connectivity index (χ4n) is 4.16. The summed E-state index contributed by atoms with van der Waals surface area (Å²) in [5.41, 5.74) is 1.62. The van der Waals surface area contributed by atoms with Gasteiger partial charge in [-0.3, -0.25) is 9.59 Å². The summed E-state index contributed by atoms with van der Waals surface area (Å²) in [6.45, 7) is 4.42. The molecule has 0 spiro atoms. The number of hydrogen-bond acceptors (Lipinski definition) is 6. The lowest BCUT2D eigenvalue weighted by molar-refractivity contribution is -0.131. The van der Waals surface area contributed by atoms with Gasteiger partial charge in [0.1, 0.15) is 30.7 Å². The van der Waals surface area contributed by atoms with Crippen molar-refractivity contribution in [2.75, 3.05) is 6.61 Å². The van der Waals surface area contributed by atoms with Gasteiger partial charge in [-0.05, 0) is 54.9 Å². The highest BCUT2D eigenvalue weighted by atomic mass is 16.5. The van der Waals surface area contributed by atoms with E-state index in [2.05, 4.69) is 16.0 Å². The van der Waals surface area contributed by atoms with E-state index in [0.29, 0.717) is 37.9 Å². The highest BCUT2D eigenvalue weighted by Gasteiger charge is 2.29. The zero-order chi connectivity index (χ0) is 27.3. The molecule has 3 atom stereocenters. The molecular formula is C29H37N3O6. The van der Waals surface area contributed by atoms with Crippen molar-refractivity contribution < 1.29 is 28.7 Å². The summed E-state index contributed by atoms with van der Waals surface area (Å²) in [4.78, 5) is 50.7. The van der Waals surface area contributed by atoms with Crippen LogP contribution in [0.15, 0.2) is 54.6 Å². The first-order valence-electron chi connectivity index (χ1n) is 13.1. The summed E-state index contributed by atoms with van der Waals surface area (Å²) in [7, 11) is 0. The Morgan fingerprint density at radius 2 is 1.79 bits per heavy atom. The lowest BCUT2D eigenvalue weighted by Gasteiger charge is -2.25. The van der Waals surface area contributed by atoms with E-state index >= 15 is 0 Å². The van der Waals surface area contributed by atoms with Crippen LogP contribution in [0.3, 0.4) is 0 Å². The van der Waals surface area contributed by atoms with Crippen LogP contribution in [0.5, 0.6) is 5.75 Å². The molecule has 0 fully saturated rings. The molecular weight excluding hydrogens is 486 g/mol. The van der Waals surface area contributed by atoms with E-state index < -0.39 is 36.0 Å². The molecule has 4 rings (SSSR count). The van der Waals surface area contributed by atoms with E-state index in [1.54, 1.807) is 0 Å². The molecule has 2 aliphatic heterocycles. The van der Waals surface area contributed by atoms with Crippen molar-refractivity contribution in [1.29, 1.82) is 0 Å². The summed E-state index contributed by atoms with van der Waals surface area (Å²) < 4.78 is 11.1. The first kappa shape index (κ1) is 28.7. The maximum atomic E-state index is 13.4. The minimum atomic E-state index is -0.995. The minimum absolute atomic E-state index is 0.0541. The van der Waals surface area contributed by atoms with Gasteiger partial charge in [-0.15, -0.1) is 0 Å². The van der Waals surface area contributed by atoms with Gasteiger partial charge in [0.25, 0.3) is 0 Å². The Kier molecular flexibility index (Phi) is 11.1. The van der Waals surface area contributed by atoms with Gasteiger partial charge in [0.15, 0.2) is 0 Å². The minimum Gasteiger partial charge on any atom is -0.494 e. The smallest absolute Gasteiger partial charge is 0.408 e. The molecule has 2 heterocycles. The molecule has 3 N–H and O–H groups in total. The normalized spacial score (nSPS) is 21.0. The van der Waals surface area contributed by atoms with E-state index in [0.717, 1.165) is 17.5 Å². The van der Waals surface area contributed by atoms with E-state index in [4.69, 9.17) is 9.47 Å². The van der Waals surface area contributed by atoms with Crippen molar-refractivity contribution in [3.63, 3.8) is 0 Å². The maximum Gasteiger partial charge on any atom is 0.408 e. The van der Waals surface area contributed by atoms with Crippen molar-refractivity contribution in [2.45, 2.75) is 70.7 Å². The van der Waals surface area contributed by atoms with Gasteiger partial charge < -0.3 is 30.2 Å². The number of carbonyl (C=O) groups excluding carboxylic acids is 4. The molecule has 0 aromatic heterocycles. The second-order valence-corrected chi connectivity index (χ2v) is 9.89. The molecule has 2 bridgehead atoms. The molecule has 2 aromatic carbocycles. The number of hydrogen-bond donors (Lipinski definition) is 3. The van der Waals surface area contributed by atoms with Gasteiger partial charge in [0, 0.05) is 6.42 Å². The molecule has 0 radical (unpaired) electrons. The largest absolute Gasteiger partial charge is 0.494 e. The lowest BCUT2D eigenvalue weighted by atomic mass is 10.0. The van der Waals surface area contributed by atoms with E-state index in [9.17, 15) is 19.2 Å². The Balaban J connectivity index is 1.80. The second-order valence-electron chi connectivity index (χ2n) is 9.89. The van der Waals surface area contributed by atoms with Crippen LogP contribution in [-0.2, 0) is 32.1 Å². The van der Waals surface area contributed by atoms with E-state index in [-0.39, 0.29) is 18.9 Å². The second kappa shape index (κ2) is 14.8. The summed E-state index contributed by atoms with van der Waals surface area (Å²) in [5, 5.41) is 8.20. The van der Waals surface area contributed by atoms with Crippen LogP contribution in [0.1, 0.15) is 50.7 Å². The van der Waals surface area contributed by atoms with Crippen molar-refractivity contribution >= 4 is 24.2 Å². The van der Waals surface area contributed by atoms with Crippen molar-refractivity contribution in [3.8, 4) is 5.75 Å². The number of aldehydes is 1. The molecule has 9 nitrogen and oxygen atoms in total. The predicted octanol–water partition coefficient (Wildman–Crippen LogP) is 3.30. The molecule has 0 unspecified atom stereocenters. The zero-order valence-corrected chi connectivity index (χ0v) is 22.0. The first-order valence-corrected chi connectivity index (χ1v) is 13.1. The van der Waals surface area contributed by atoms with Crippen LogP contribution in [0.2, 0.25) is 0 Å². The molecule has 2 aliphatic rings. The average molecular weight is 524 g/mol. The Bertz CT molecular complexity index is 1060. The van der Waals surface area contributed by atoms with Gasteiger partial charge in [0.2, 0.25) is 11.8 Å². The number of ether oxygens (including phenoxy) is 2. The number of rotatable bonds is 6. The fourth-order valence-corrected chi connectivity index (χ4v) is 4.16. The Morgan fingerprint density at radius 3 is 2.47 bits per heavy atom. The predicted molar refractivity (Wildman–Crippen MR) is 142 cm³/mol. The Morgan fingerprint density at radius 1 is 1.05 bits per heavy atom. The zero-order valence-electron chi connectivity index (χ0n) is 22.0. The Labute approximate surface area is 223 Å². The highest BCUT2D eigenvalue weighted by molar-refractivity contribution is 5.92. The lowest BCUT2D eigenvalue weighted by Crippen LogP contribution is -2.56. The van der Waals surface area contributed by atoms with Crippen LogP contribution in [0.4, 0.5) is 4.79 Å². The first-order chi connectivity index (χ1) is 18.3. The number of fused-ring (bicyclic) bond motifs is 14. The van der Waals surface area contributed by atoms with Crippen molar-refractivity contribution in [2.24, 2.45) is 5.92 Å². The molecule has 0 aliphatic carbocycles. The average Bonchev–Trinajstić information content (AvgIpc) is 2.91. The standard InChI is InChI=1S/C29H37N3O6/c1-20(2)16-25-27(34)30-23(18-33)10-6-7-15-37-24-13-11-21(12-14-24)17-26(28(35)31-25)32-29(36)38-19-22-8-4-3-5-9-22/h3-5,8-9,11-14,18,20,23,25-26H,6-7,10,15-17,19H2,1-2H3,(H,30,34)(H,31,35)(H,32,36)/t23-,25-,26-/m0/s1. The molecule has 2 aromatic rings. The third-order valence-corrected chi connectivity index (χ3v) is 6.19. The quantitative estimate of drug-likeness (QED) is 0.500. The summed E-state index contributed by atoms with van der Waals surface area (Å²) in [6.07, 6.45) is 2.41. The van der Waals surface area contributed by atoms with Gasteiger partial charge in [0.05, 0.1) is 12.6 Å². The van der Waals surface area contributed by atoms with Crippen LogP contribution >= 0.6 is 0 Å². The van der Waals surface area contributed by atoms with E-state index in [1.807, 2.05) is 68.4 Å². The van der Waals surface area contributed by atoms with Crippen LogP contribution in [0.25, 0.3) is 0 Å². The third kappa shape index (κ3) is 9.53. The topological polar surface area (TPSA) is 123 Å². The molecule has 204 valence electrons. The van der Waals surface area contributed by atoms with Crippen molar-refractivity contribution in [1.82, 2.24) is 16.0 Å². The van der Waals surface area contributed by atoms with Crippen molar-refractivity contribution in [3.05, 3.63) is 65.7 Å². The van der Waals surface area contributed by atoms with Gasteiger partial charge in [-0.1, -0.05) is 56.3 Å². The van der Waals surface area contributed by atoms with Crippen LogP contribution in [-0.4, -0.2) is 48.9 Å². The van der Waals surface area contributed by atoms with Gasteiger partial charge >= 0.3 is 6.09 Å². The number of benzene rings is 2. The third-order valence-electron chi connectivity index (χ3n) is 6.19. The summed E-state index contributed by atoms with van der Waals surface area (Å²) in [6, 6.07) is 14.0.